The van der Waals surface area contributed by atoms with E-state index in [0.29, 0.717) is 24.6 Å². The van der Waals surface area contributed by atoms with Crippen molar-refractivity contribution in [1.29, 1.82) is 0 Å². The van der Waals surface area contributed by atoms with Crippen molar-refractivity contribution in [3.63, 3.8) is 0 Å². The van der Waals surface area contributed by atoms with Crippen molar-refractivity contribution in [2.45, 2.75) is 19.4 Å². The highest BCUT2D eigenvalue weighted by Gasteiger charge is 2.28. The fourth-order valence-electron chi connectivity index (χ4n) is 3.74. The summed E-state index contributed by atoms with van der Waals surface area (Å²) in [6, 6.07) is 11.5. The van der Waals surface area contributed by atoms with Crippen LogP contribution >= 0.6 is 0 Å². The molecule has 3 aromatic rings. The summed E-state index contributed by atoms with van der Waals surface area (Å²) in [7, 11) is 3.21. The second kappa shape index (κ2) is 8.38. The van der Waals surface area contributed by atoms with E-state index in [-0.39, 0.29) is 11.8 Å². The molecule has 0 saturated carbocycles. The Morgan fingerprint density at radius 1 is 1.17 bits per heavy atom. The van der Waals surface area contributed by atoms with Crippen molar-refractivity contribution in [3.8, 4) is 11.5 Å². The van der Waals surface area contributed by atoms with Gasteiger partial charge in [0.05, 0.1) is 20.1 Å². The Balaban J connectivity index is 1.40. The molecule has 1 aromatic carbocycles. The van der Waals surface area contributed by atoms with Crippen LogP contribution in [0.5, 0.6) is 11.5 Å². The number of piperidine rings is 1. The Labute approximate surface area is 169 Å². The van der Waals surface area contributed by atoms with E-state index in [9.17, 15) is 4.79 Å². The van der Waals surface area contributed by atoms with Crippen molar-refractivity contribution in [2.24, 2.45) is 5.92 Å². The number of benzene rings is 1. The zero-order valence-corrected chi connectivity index (χ0v) is 16.7. The van der Waals surface area contributed by atoms with Crippen LogP contribution in [0.1, 0.15) is 18.4 Å². The molecular weight excluding hydrogens is 370 g/mol. The van der Waals surface area contributed by atoms with E-state index in [4.69, 9.17) is 9.47 Å². The molecule has 1 aliphatic rings. The minimum atomic E-state index is -0.0834. The van der Waals surface area contributed by atoms with Crippen LogP contribution in [-0.2, 0) is 11.3 Å². The number of hydrogen-bond donors (Lipinski definition) is 1. The molecule has 29 heavy (non-hydrogen) atoms. The molecular formula is C21H25N5O3. The van der Waals surface area contributed by atoms with Gasteiger partial charge in [0, 0.05) is 25.8 Å². The summed E-state index contributed by atoms with van der Waals surface area (Å²) in [6.45, 7) is 1.95. The first-order valence-electron chi connectivity index (χ1n) is 9.73. The zero-order chi connectivity index (χ0) is 20.2. The molecule has 0 spiro atoms. The number of hydrogen-bond acceptors (Lipinski definition) is 6. The van der Waals surface area contributed by atoms with Gasteiger partial charge in [-0.2, -0.15) is 0 Å². The van der Waals surface area contributed by atoms with Crippen molar-refractivity contribution in [1.82, 2.24) is 19.9 Å². The van der Waals surface area contributed by atoms with Gasteiger partial charge in [0.2, 0.25) is 11.9 Å². The molecule has 0 bridgehead atoms. The molecule has 0 aliphatic carbocycles. The van der Waals surface area contributed by atoms with Crippen LogP contribution in [0.2, 0.25) is 0 Å². The Hall–Kier alpha value is -3.29. The van der Waals surface area contributed by atoms with Gasteiger partial charge in [0.1, 0.15) is 0 Å². The lowest BCUT2D eigenvalue weighted by atomic mass is 9.97. The monoisotopic (exact) mass is 395 g/mol. The smallest absolute Gasteiger partial charge is 0.231 e. The molecule has 8 nitrogen and oxygen atoms in total. The molecule has 1 fully saturated rings. The summed E-state index contributed by atoms with van der Waals surface area (Å²) >= 11 is 0. The molecule has 2 aromatic heterocycles. The van der Waals surface area contributed by atoms with Crippen LogP contribution in [0.3, 0.4) is 0 Å². The summed E-state index contributed by atoms with van der Waals surface area (Å²) in [6.07, 6.45) is 3.76. The molecule has 152 valence electrons. The quantitative estimate of drug-likeness (QED) is 0.690. The number of anilines is 1. The average Bonchev–Trinajstić information content (AvgIpc) is 3.21. The Kier molecular flexibility index (Phi) is 5.50. The Morgan fingerprint density at radius 3 is 2.86 bits per heavy atom. The topological polar surface area (TPSA) is 81.0 Å². The van der Waals surface area contributed by atoms with Gasteiger partial charge in [-0.05, 0) is 42.7 Å². The van der Waals surface area contributed by atoms with Crippen molar-refractivity contribution in [2.75, 3.05) is 32.2 Å². The van der Waals surface area contributed by atoms with E-state index in [1.807, 2.05) is 47.0 Å². The van der Waals surface area contributed by atoms with Gasteiger partial charge < -0.3 is 19.7 Å². The number of pyridine rings is 1. The average molecular weight is 395 g/mol. The van der Waals surface area contributed by atoms with Crippen LogP contribution in [-0.4, -0.2) is 47.8 Å². The zero-order valence-electron chi connectivity index (χ0n) is 16.7. The largest absolute Gasteiger partial charge is 0.493 e. The van der Waals surface area contributed by atoms with Crippen LogP contribution in [0.15, 0.2) is 42.6 Å². The lowest BCUT2D eigenvalue weighted by Crippen LogP contribution is -2.43. The van der Waals surface area contributed by atoms with Crippen LogP contribution in [0.4, 0.5) is 5.95 Å². The van der Waals surface area contributed by atoms with Gasteiger partial charge in [-0.15, -0.1) is 10.2 Å². The second-order valence-electron chi connectivity index (χ2n) is 7.12. The fourth-order valence-corrected chi connectivity index (χ4v) is 3.74. The number of ether oxygens (including phenoxy) is 2. The molecule has 1 saturated heterocycles. The van der Waals surface area contributed by atoms with Gasteiger partial charge >= 0.3 is 0 Å². The number of methoxy groups -OCH3 is 2. The molecule has 8 heteroatoms. The highest BCUT2D eigenvalue weighted by molar-refractivity contribution is 5.79. The Bertz CT molecular complexity index is 1000. The summed E-state index contributed by atoms with van der Waals surface area (Å²) < 4.78 is 12.6. The fraction of sp³-hybridized carbons (Fsp3) is 0.381. The lowest BCUT2D eigenvalue weighted by Gasteiger charge is -2.32. The predicted octanol–water partition coefficient (Wildman–Crippen LogP) is 2.28. The van der Waals surface area contributed by atoms with Crippen molar-refractivity contribution < 1.29 is 14.3 Å². The number of nitrogens with one attached hydrogen (secondary N) is 1. The second-order valence-corrected chi connectivity index (χ2v) is 7.12. The first-order chi connectivity index (χ1) is 14.2. The van der Waals surface area contributed by atoms with Gasteiger partial charge in [-0.25, -0.2) is 0 Å². The third-order valence-electron chi connectivity index (χ3n) is 5.29. The molecule has 0 radical (unpaired) electrons. The Morgan fingerprint density at radius 2 is 2.03 bits per heavy atom. The van der Waals surface area contributed by atoms with E-state index in [1.54, 1.807) is 14.2 Å². The van der Waals surface area contributed by atoms with Crippen LogP contribution in [0, 0.1) is 5.92 Å². The number of carbonyl (C=O) groups excluding carboxylic acids is 1. The molecule has 4 rings (SSSR count). The maximum absolute atomic E-state index is 12.8. The van der Waals surface area contributed by atoms with E-state index in [2.05, 4.69) is 20.4 Å². The maximum atomic E-state index is 12.8. The first-order valence-corrected chi connectivity index (χ1v) is 9.73. The number of carbonyl (C=O) groups is 1. The molecule has 1 aliphatic heterocycles. The number of rotatable bonds is 6. The highest BCUT2D eigenvalue weighted by Crippen LogP contribution is 2.27. The summed E-state index contributed by atoms with van der Waals surface area (Å²) in [5.41, 5.74) is 1.77. The van der Waals surface area contributed by atoms with E-state index < -0.39 is 0 Å². The summed E-state index contributed by atoms with van der Waals surface area (Å²) in [5.74, 6) is 2.09. The van der Waals surface area contributed by atoms with Crippen LogP contribution < -0.4 is 19.7 Å². The molecule has 3 heterocycles. The van der Waals surface area contributed by atoms with Crippen LogP contribution in [0.25, 0.3) is 5.65 Å². The first kappa shape index (κ1) is 19.0. The molecule has 1 atom stereocenters. The molecule has 1 N–H and O–H groups in total. The standard InChI is InChI=1S/C21H25N5O3/c1-28-17-9-8-15(12-18(17)29-2)13-22-20(27)16-6-5-10-25(14-16)21-24-23-19-7-3-4-11-26(19)21/h3-4,7-9,11-12,16H,5-6,10,13-14H2,1-2H3,(H,22,27)/t16-/m0/s1. The van der Waals surface area contributed by atoms with Gasteiger partial charge in [0.25, 0.3) is 0 Å². The van der Waals surface area contributed by atoms with E-state index in [0.717, 1.165) is 36.5 Å². The molecule has 1 amide bonds. The third kappa shape index (κ3) is 3.96. The minimum absolute atomic E-state index is 0.0540. The van der Waals surface area contributed by atoms with Gasteiger partial charge in [0.15, 0.2) is 17.1 Å². The van der Waals surface area contributed by atoms with E-state index >= 15 is 0 Å². The number of aromatic nitrogens is 3. The molecule has 0 unspecified atom stereocenters. The van der Waals surface area contributed by atoms with Gasteiger partial charge in [-0.3, -0.25) is 9.20 Å². The lowest BCUT2D eigenvalue weighted by molar-refractivity contribution is -0.125. The van der Waals surface area contributed by atoms with Crippen molar-refractivity contribution >= 4 is 17.5 Å². The predicted molar refractivity (Wildman–Crippen MR) is 109 cm³/mol. The van der Waals surface area contributed by atoms with E-state index in [1.165, 1.54) is 0 Å². The number of nitrogens with zero attached hydrogens (tertiary/aromatic N) is 4. The SMILES string of the molecule is COc1ccc(CNC(=O)[C@H]2CCCN(c3nnc4ccccn34)C2)cc1OC. The van der Waals surface area contributed by atoms with Gasteiger partial charge in [-0.1, -0.05) is 12.1 Å². The highest BCUT2D eigenvalue weighted by atomic mass is 16.5. The van der Waals surface area contributed by atoms with Crippen molar-refractivity contribution in [3.05, 3.63) is 48.2 Å². The third-order valence-corrected chi connectivity index (χ3v) is 5.29. The number of amides is 1. The summed E-state index contributed by atoms with van der Waals surface area (Å²) in [4.78, 5) is 14.9. The number of fused-ring (bicyclic) bond motifs is 1. The summed E-state index contributed by atoms with van der Waals surface area (Å²) in [5, 5.41) is 11.6. The minimum Gasteiger partial charge on any atom is -0.493 e. The maximum Gasteiger partial charge on any atom is 0.231 e. The normalized spacial score (nSPS) is 16.6.